The molecule has 3 nitrogen and oxygen atoms in total. The molecule has 0 aliphatic carbocycles. The highest BCUT2D eigenvalue weighted by atomic mass is 79.9. The molecule has 0 atom stereocenters. The Morgan fingerprint density at radius 1 is 1.35 bits per heavy atom. The maximum Gasteiger partial charge on any atom is 0.221 e. The average molecular weight is 314 g/mol. The molecule has 17 heavy (non-hydrogen) atoms. The zero-order valence-electron chi connectivity index (χ0n) is 9.08. The van der Waals surface area contributed by atoms with E-state index in [-0.39, 0.29) is 0 Å². The first-order valence-electron chi connectivity index (χ1n) is 4.91. The predicted octanol–water partition coefficient (Wildman–Crippen LogP) is 4.18. The van der Waals surface area contributed by atoms with E-state index in [1.54, 1.807) is 30.5 Å². The zero-order valence-corrected chi connectivity index (χ0v) is 11.4. The topological polar surface area (TPSA) is 48.1 Å². The van der Waals surface area contributed by atoms with Crippen LogP contribution in [0.15, 0.2) is 34.9 Å². The number of anilines is 1. The van der Waals surface area contributed by atoms with E-state index in [1.165, 1.54) is 0 Å². The van der Waals surface area contributed by atoms with Crippen molar-refractivity contribution in [2.75, 3.05) is 5.73 Å². The Hall–Kier alpha value is -1.26. The fourth-order valence-electron chi connectivity index (χ4n) is 1.25. The summed E-state index contributed by atoms with van der Waals surface area (Å²) in [5.41, 5.74) is 7.36. The normalized spacial score (nSPS) is 10.3. The molecule has 0 fully saturated rings. The van der Waals surface area contributed by atoms with Crippen LogP contribution in [0.25, 0.3) is 0 Å². The van der Waals surface area contributed by atoms with Gasteiger partial charge < -0.3 is 10.5 Å². The van der Waals surface area contributed by atoms with E-state index in [2.05, 4.69) is 20.9 Å². The van der Waals surface area contributed by atoms with Crippen molar-refractivity contribution < 1.29 is 4.74 Å². The molecule has 5 heteroatoms. The first-order chi connectivity index (χ1) is 8.06. The highest BCUT2D eigenvalue weighted by Gasteiger charge is 2.05. The first-order valence-corrected chi connectivity index (χ1v) is 6.08. The molecule has 0 spiro atoms. The van der Waals surface area contributed by atoms with Crippen molar-refractivity contribution in [1.29, 1.82) is 0 Å². The third kappa shape index (κ3) is 2.90. The van der Waals surface area contributed by atoms with Gasteiger partial charge in [-0.1, -0.05) is 11.6 Å². The van der Waals surface area contributed by atoms with Crippen LogP contribution in [0.3, 0.4) is 0 Å². The van der Waals surface area contributed by atoms with Crippen LogP contribution in [-0.2, 0) is 0 Å². The summed E-state index contributed by atoms with van der Waals surface area (Å²) in [6.07, 6.45) is 1.68. The maximum atomic E-state index is 5.84. The standard InChI is InChI=1S/C12H10BrClN2O/c1-7-6-16-12(5-10(7)15)17-11-3-2-8(14)4-9(11)13/h2-6H,1H3,(H2,15,16). The maximum absolute atomic E-state index is 5.84. The molecular formula is C12H10BrClN2O. The van der Waals surface area contributed by atoms with E-state index in [0.29, 0.717) is 22.3 Å². The fraction of sp³-hybridized carbons (Fsp3) is 0.0833. The second-order valence-corrected chi connectivity index (χ2v) is 4.85. The molecule has 0 amide bonds. The zero-order chi connectivity index (χ0) is 12.4. The van der Waals surface area contributed by atoms with E-state index in [0.717, 1.165) is 10.0 Å². The van der Waals surface area contributed by atoms with Gasteiger partial charge in [-0.3, -0.25) is 0 Å². The Bertz CT molecular complexity index is 560. The summed E-state index contributed by atoms with van der Waals surface area (Å²) >= 11 is 9.21. The van der Waals surface area contributed by atoms with E-state index in [9.17, 15) is 0 Å². The van der Waals surface area contributed by atoms with Gasteiger partial charge >= 0.3 is 0 Å². The molecule has 0 saturated heterocycles. The minimum Gasteiger partial charge on any atom is -0.438 e. The van der Waals surface area contributed by atoms with Crippen molar-refractivity contribution in [2.24, 2.45) is 0 Å². The van der Waals surface area contributed by atoms with Crippen LogP contribution in [0.2, 0.25) is 5.02 Å². The van der Waals surface area contributed by atoms with Gasteiger partial charge in [0.2, 0.25) is 5.88 Å². The number of aryl methyl sites for hydroxylation is 1. The van der Waals surface area contributed by atoms with Crippen molar-refractivity contribution in [3.8, 4) is 11.6 Å². The van der Waals surface area contributed by atoms with E-state index >= 15 is 0 Å². The summed E-state index contributed by atoms with van der Waals surface area (Å²) in [6.45, 7) is 1.89. The van der Waals surface area contributed by atoms with Crippen LogP contribution in [-0.4, -0.2) is 4.98 Å². The Morgan fingerprint density at radius 3 is 2.76 bits per heavy atom. The highest BCUT2D eigenvalue weighted by Crippen LogP contribution is 2.31. The number of benzene rings is 1. The van der Waals surface area contributed by atoms with E-state index in [1.807, 2.05) is 6.92 Å². The third-order valence-corrected chi connectivity index (χ3v) is 3.08. The van der Waals surface area contributed by atoms with E-state index in [4.69, 9.17) is 22.1 Å². The summed E-state index contributed by atoms with van der Waals surface area (Å²) in [6, 6.07) is 6.97. The minimum absolute atomic E-state index is 0.455. The van der Waals surface area contributed by atoms with Crippen LogP contribution < -0.4 is 10.5 Å². The van der Waals surface area contributed by atoms with Gasteiger partial charge in [0.05, 0.1) is 4.47 Å². The molecular weight excluding hydrogens is 304 g/mol. The number of nitrogen functional groups attached to an aromatic ring is 1. The molecule has 1 aromatic carbocycles. The number of ether oxygens (including phenoxy) is 1. The van der Waals surface area contributed by atoms with Gasteiger partial charge in [0.15, 0.2) is 0 Å². The molecule has 2 rings (SSSR count). The largest absolute Gasteiger partial charge is 0.438 e. The van der Waals surface area contributed by atoms with Crippen molar-refractivity contribution >= 4 is 33.2 Å². The molecule has 0 saturated carbocycles. The number of aromatic nitrogens is 1. The predicted molar refractivity (Wildman–Crippen MR) is 72.6 cm³/mol. The van der Waals surface area contributed by atoms with Gasteiger partial charge in [0.1, 0.15) is 5.75 Å². The molecule has 0 aliphatic heterocycles. The molecule has 2 N–H and O–H groups in total. The number of rotatable bonds is 2. The van der Waals surface area contributed by atoms with Crippen molar-refractivity contribution in [2.45, 2.75) is 6.92 Å². The lowest BCUT2D eigenvalue weighted by Gasteiger charge is -2.08. The number of hydrogen-bond acceptors (Lipinski definition) is 3. The van der Waals surface area contributed by atoms with Gasteiger partial charge in [0, 0.05) is 23.0 Å². The van der Waals surface area contributed by atoms with Crippen LogP contribution >= 0.6 is 27.5 Å². The van der Waals surface area contributed by atoms with Crippen LogP contribution in [0, 0.1) is 6.92 Å². The Kier molecular flexibility index (Phi) is 3.54. The van der Waals surface area contributed by atoms with Gasteiger partial charge in [-0.05, 0) is 46.6 Å². The minimum atomic E-state index is 0.455. The van der Waals surface area contributed by atoms with Gasteiger partial charge in [-0.25, -0.2) is 4.98 Å². The molecule has 0 bridgehead atoms. The Morgan fingerprint density at radius 2 is 2.12 bits per heavy atom. The summed E-state index contributed by atoms with van der Waals surface area (Å²) < 4.78 is 6.37. The molecule has 0 radical (unpaired) electrons. The quantitative estimate of drug-likeness (QED) is 0.904. The highest BCUT2D eigenvalue weighted by molar-refractivity contribution is 9.10. The molecule has 2 aromatic rings. The molecule has 1 heterocycles. The average Bonchev–Trinajstić information content (AvgIpc) is 2.27. The number of halogens is 2. The second kappa shape index (κ2) is 4.94. The Balaban J connectivity index is 2.28. The molecule has 1 aromatic heterocycles. The van der Waals surface area contributed by atoms with Crippen molar-refractivity contribution in [3.63, 3.8) is 0 Å². The smallest absolute Gasteiger partial charge is 0.221 e. The number of nitrogens with zero attached hydrogens (tertiary/aromatic N) is 1. The van der Waals surface area contributed by atoms with Crippen LogP contribution in [0.5, 0.6) is 11.6 Å². The number of nitrogens with two attached hydrogens (primary N) is 1. The monoisotopic (exact) mass is 312 g/mol. The summed E-state index contributed by atoms with van der Waals surface area (Å²) in [7, 11) is 0. The lowest BCUT2D eigenvalue weighted by atomic mass is 10.3. The Labute approximate surface area is 113 Å². The number of hydrogen-bond donors (Lipinski definition) is 1. The second-order valence-electron chi connectivity index (χ2n) is 3.56. The lowest BCUT2D eigenvalue weighted by Crippen LogP contribution is -1.94. The van der Waals surface area contributed by atoms with Gasteiger partial charge in [-0.2, -0.15) is 0 Å². The summed E-state index contributed by atoms with van der Waals surface area (Å²) in [4.78, 5) is 4.14. The summed E-state index contributed by atoms with van der Waals surface area (Å²) in [5, 5.41) is 0.639. The van der Waals surface area contributed by atoms with E-state index < -0.39 is 0 Å². The van der Waals surface area contributed by atoms with Crippen molar-refractivity contribution in [1.82, 2.24) is 4.98 Å². The SMILES string of the molecule is Cc1cnc(Oc2ccc(Cl)cc2Br)cc1N. The molecule has 0 unspecified atom stereocenters. The molecule has 0 aliphatic rings. The first kappa shape index (κ1) is 12.2. The molecule has 88 valence electrons. The fourth-order valence-corrected chi connectivity index (χ4v) is 2.01. The van der Waals surface area contributed by atoms with Gasteiger partial charge in [-0.15, -0.1) is 0 Å². The van der Waals surface area contributed by atoms with Crippen molar-refractivity contribution in [3.05, 3.63) is 45.5 Å². The van der Waals surface area contributed by atoms with Crippen LogP contribution in [0.1, 0.15) is 5.56 Å². The van der Waals surface area contributed by atoms with Gasteiger partial charge in [0.25, 0.3) is 0 Å². The van der Waals surface area contributed by atoms with Crippen LogP contribution in [0.4, 0.5) is 5.69 Å². The lowest BCUT2D eigenvalue weighted by molar-refractivity contribution is 0.460. The summed E-state index contributed by atoms with van der Waals surface area (Å²) in [5.74, 6) is 1.10. The third-order valence-electron chi connectivity index (χ3n) is 2.23. The number of pyridine rings is 1.